The maximum absolute atomic E-state index is 11.9. The molecule has 0 aromatic carbocycles. The summed E-state index contributed by atoms with van der Waals surface area (Å²) in [5, 5.41) is 3.28. The summed E-state index contributed by atoms with van der Waals surface area (Å²) in [5.41, 5.74) is -0.264. The van der Waals surface area contributed by atoms with Crippen LogP contribution in [-0.2, 0) is 9.59 Å². The maximum atomic E-state index is 11.9. The summed E-state index contributed by atoms with van der Waals surface area (Å²) in [6.07, 6.45) is 4.25. The third kappa shape index (κ3) is 2.83. The topological polar surface area (TPSA) is 52.7 Å². The van der Waals surface area contributed by atoms with Gasteiger partial charge in [-0.2, -0.15) is 0 Å². The van der Waals surface area contributed by atoms with E-state index in [2.05, 4.69) is 5.32 Å². The highest BCUT2D eigenvalue weighted by atomic mass is 16.2. The Morgan fingerprint density at radius 3 is 2.28 bits per heavy atom. The molecular formula is C13H25N3O2. The molecule has 18 heavy (non-hydrogen) atoms. The minimum Gasteiger partial charge on any atom is -0.349 e. The van der Waals surface area contributed by atoms with Crippen molar-refractivity contribution in [3.05, 3.63) is 0 Å². The van der Waals surface area contributed by atoms with Gasteiger partial charge in [0.25, 0.3) is 0 Å². The Kier molecular flexibility index (Phi) is 5.14. The lowest BCUT2D eigenvalue weighted by Crippen LogP contribution is -2.59. The fraction of sp³-hybridized carbons (Fsp3) is 0.846. The van der Waals surface area contributed by atoms with Crippen LogP contribution >= 0.6 is 0 Å². The molecule has 1 aliphatic rings. The van der Waals surface area contributed by atoms with Crippen LogP contribution in [0, 0.1) is 5.92 Å². The Hall–Kier alpha value is -1.10. The molecule has 0 aliphatic heterocycles. The van der Waals surface area contributed by atoms with Gasteiger partial charge in [-0.15, -0.1) is 0 Å². The Labute approximate surface area is 110 Å². The SMILES string of the molecule is CCN(C=O)C1(NC)CCC(C(=O)N(C)C)CC1. The summed E-state index contributed by atoms with van der Waals surface area (Å²) < 4.78 is 0. The summed E-state index contributed by atoms with van der Waals surface area (Å²) >= 11 is 0. The maximum Gasteiger partial charge on any atom is 0.225 e. The molecule has 0 heterocycles. The van der Waals surface area contributed by atoms with Crippen molar-refractivity contribution < 1.29 is 9.59 Å². The van der Waals surface area contributed by atoms with Crippen molar-refractivity contribution in [3.8, 4) is 0 Å². The molecule has 1 aliphatic carbocycles. The van der Waals surface area contributed by atoms with Crippen molar-refractivity contribution in [3.63, 3.8) is 0 Å². The molecule has 0 aromatic heterocycles. The van der Waals surface area contributed by atoms with Gasteiger partial charge >= 0.3 is 0 Å². The summed E-state index contributed by atoms with van der Waals surface area (Å²) in [5.74, 6) is 0.306. The zero-order valence-electron chi connectivity index (χ0n) is 11.9. The van der Waals surface area contributed by atoms with Crippen molar-refractivity contribution in [2.75, 3.05) is 27.7 Å². The van der Waals surface area contributed by atoms with E-state index in [4.69, 9.17) is 0 Å². The quantitative estimate of drug-likeness (QED) is 0.580. The lowest BCUT2D eigenvalue weighted by molar-refractivity contribution is -0.136. The van der Waals surface area contributed by atoms with Gasteiger partial charge in [-0.05, 0) is 39.7 Å². The number of hydrogen-bond acceptors (Lipinski definition) is 3. The second kappa shape index (κ2) is 6.18. The summed E-state index contributed by atoms with van der Waals surface area (Å²) in [7, 11) is 5.48. The van der Waals surface area contributed by atoms with Gasteiger partial charge in [-0.3, -0.25) is 14.9 Å². The van der Waals surface area contributed by atoms with Gasteiger partial charge in [0.2, 0.25) is 12.3 Å². The predicted octanol–water partition coefficient (Wildman–Crippen LogP) is 0.659. The summed E-state index contributed by atoms with van der Waals surface area (Å²) in [6.45, 7) is 2.67. The Balaban J connectivity index is 2.70. The molecule has 5 heteroatoms. The molecule has 0 atom stereocenters. The van der Waals surface area contributed by atoms with Gasteiger partial charge in [-0.25, -0.2) is 0 Å². The molecule has 0 saturated heterocycles. The molecule has 0 bridgehead atoms. The van der Waals surface area contributed by atoms with E-state index in [1.54, 1.807) is 19.0 Å². The van der Waals surface area contributed by atoms with E-state index in [-0.39, 0.29) is 17.5 Å². The molecule has 5 nitrogen and oxygen atoms in total. The molecule has 1 rings (SSSR count). The number of carbonyl (C=O) groups is 2. The Morgan fingerprint density at radius 2 is 1.94 bits per heavy atom. The highest BCUT2D eigenvalue weighted by Gasteiger charge is 2.40. The van der Waals surface area contributed by atoms with Crippen LogP contribution in [-0.4, -0.2) is 55.5 Å². The van der Waals surface area contributed by atoms with E-state index in [1.807, 2.05) is 18.9 Å². The minimum atomic E-state index is -0.264. The minimum absolute atomic E-state index is 0.104. The van der Waals surface area contributed by atoms with Gasteiger partial charge in [-0.1, -0.05) is 0 Å². The van der Waals surface area contributed by atoms with E-state index in [1.165, 1.54) is 0 Å². The van der Waals surface area contributed by atoms with E-state index in [0.29, 0.717) is 6.54 Å². The van der Waals surface area contributed by atoms with E-state index in [0.717, 1.165) is 32.1 Å². The first-order chi connectivity index (χ1) is 8.50. The molecule has 104 valence electrons. The summed E-state index contributed by atoms with van der Waals surface area (Å²) in [6, 6.07) is 0. The third-order valence-electron chi connectivity index (χ3n) is 4.09. The first-order valence-corrected chi connectivity index (χ1v) is 6.63. The highest BCUT2D eigenvalue weighted by Crippen LogP contribution is 2.34. The van der Waals surface area contributed by atoms with Gasteiger partial charge in [0.15, 0.2) is 0 Å². The van der Waals surface area contributed by atoms with Crippen LogP contribution in [0.4, 0.5) is 0 Å². The average molecular weight is 255 g/mol. The van der Waals surface area contributed by atoms with Gasteiger partial charge in [0.05, 0.1) is 5.66 Å². The number of carbonyl (C=O) groups excluding carboxylic acids is 2. The molecule has 1 N–H and O–H groups in total. The Bertz CT molecular complexity index is 297. The second-order valence-electron chi connectivity index (χ2n) is 5.18. The van der Waals surface area contributed by atoms with E-state index < -0.39 is 0 Å². The number of rotatable bonds is 5. The molecule has 0 radical (unpaired) electrons. The van der Waals surface area contributed by atoms with Gasteiger partial charge in [0.1, 0.15) is 0 Å². The molecule has 0 spiro atoms. The molecule has 1 fully saturated rings. The zero-order valence-corrected chi connectivity index (χ0v) is 11.9. The van der Waals surface area contributed by atoms with Gasteiger partial charge < -0.3 is 9.80 Å². The highest BCUT2D eigenvalue weighted by molar-refractivity contribution is 5.78. The zero-order chi connectivity index (χ0) is 13.8. The van der Waals surface area contributed by atoms with E-state index >= 15 is 0 Å². The number of nitrogens with zero attached hydrogens (tertiary/aromatic N) is 2. The normalized spacial score (nSPS) is 27.7. The average Bonchev–Trinajstić information content (AvgIpc) is 2.39. The second-order valence-corrected chi connectivity index (χ2v) is 5.18. The van der Waals surface area contributed by atoms with Crippen molar-refractivity contribution in [2.45, 2.75) is 38.3 Å². The molecule has 0 unspecified atom stereocenters. The van der Waals surface area contributed by atoms with Crippen LogP contribution in [0.5, 0.6) is 0 Å². The lowest BCUT2D eigenvalue weighted by atomic mass is 9.80. The third-order valence-corrected chi connectivity index (χ3v) is 4.09. The van der Waals surface area contributed by atoms with Gasteiger partial charge in [0, 0.05) is 26.6 Å². The fourth-order valence-corrected chi connectivity index (χ4v) is 2.87. The Morgan fingerprint density at radius 1 is 1.39 bits per heavy atom. The van der Waals surface area contributed by atoms with Crippen LogP contribution < -0.4 is 5.32 Å². The van der Waals surface area contributed by atoms with Crippen molar-refractivity contribution in [1.82, 2.24) is 15.1 Å². The standard InChI is InChI=1S/C13H25N3O2/c1-5-16(10-17)13(14-2)8-6-11(7-9-13)12(18)15(3)4/h10-11,14H,5-9H2,1-4H3. The number of amides is 2. The van der Waals surface area contributed by atoms with Crippen molar-refractivity contribution in [2.24, 2.45) is 5.92 Å². The van der Waals surface area contributed by atoms with Crippen LogP contribution in [0.1, 0.15) is 32.6 Å². The number of hydrogen-bond donors (Lipinski definition) is 1. The van der Waals surface area contributed by atoms with Crippen LogP contribution in [0.25, 0.3) is 0 Å². The first kappa shape index (κ1) is 15.0. The molecule has 2 amide bonds. The smallest absolute Gasteiger partial charge is 0.225 e. The largest absolute Gasteiger partial charge is 0.349 e. The van der Waals surface area contributed by atoms with Crippen molar-refractivity contribution >= 4 is 12.3 Å². The van der Waals surface area contributed by atoms with Crippen molar-refractivity contribution in [1.29, 1.82) is 0 Å². The predicted molar refractivity (Wildman–Crippen MR) is 70.9 cm³/mol. The lowest BCUT2D eigenvalue weighted by Gasteiger charge is -2.46. The van der Waals surface area contributed by atoms with Crippen LogP contribution in [0.3, 0.4) is 0 Å². The monoisotopic (exact) mass is 255 g/mol. The molecule has 1 saturated carbocycles. The fourth-order valence-electron chi connectivity index (χ4n) is 2.87. The van der Waals surface area contributed by atoms with E-state index in [9.17, 15) is 9.59 Å². The number of nitrogens with one attached hydrogen (secondary N) is 1. The van der Waals surface area contributed by atoms with Crippen LogP contribution in [0.15, 0.2) is 0 Å². The molecular weight excluding hydrogens is 230 g/mol. The summed E-state index contributed by atoms with van der Waals surface area (Å²) in [4.78, 5) is 26.5. The first-order valence-electron chi connectivity index (χ1n) is 6.63. The molecule has 0 aromatic rings. The van der Waals surface area contributed by atoms with Crippen LogP contribution in [0.2, 0.25) is 0 Å².